The first kappa shape index (κ1) is 37.3. The van der Waals surface area contributed by atoms with Gasteiger partial charge in [-0.3, -0.25) is 9.79 Å². The van der Waals surface area contributed by atoms with E-state index in [9.17, 15) is 18.9 Å². The van der Waals surface area contributed by atoms with Crippen LogP contribution in [0.15, 0.2) is 48.6 Å². The SMILES string of the molecule is C1=CCCC=CCC1.C1=CCCC=CCC1.O=P1(O)O[P+]([O-])(O)OP(=O)(O)O[P+]([O-])(O)O1.[Rh].[Rh]. The molecular weight excluding hydrogens is 714 g/mol. The molecule has 2 aliphatic carbocycles. The van der Waals surface area contributed by atoms with Crippen molar-refractivity contribution in [1.29, 1.82) is 0 Å². The van der Waals surface area contributed by atoms with E-state index in [2.05, 4.69) is 65.9 Å². The van der Waals surface area contributed by atoms with E-state index in [1.807, 2.05) is 0 Å². The molecule has 0 saturated carbocycles. The summed E-state index contributed by atoms with van der Waals surface area (Å²) in [6, 6.07) is 0. The molecule has 12 nitrogen and oxygen atoms in total. The Balaban J connectivity index is 0. The van der Waals surface area contributed by atoms with Gasteiger partial charge in [-0.25, -0.2) is 9.13 Å². The van der Waals surface area contributed by atoms with Crippen LogP contribution in [0, 0.1) is 0 Å². The topological polar surface area (TPSA) is 198 Å². The third-order valence-corrected chi connectivity index (χ3v) is 10.1. The fourth-order valence-electron chi connectivity index (χ4n) is 2.29. The third kappa shape index (κ3) is 20.2. The van der Waals surface area contributed by atoms with E-state index >= 15 is 0 Å². The van der Waals surface area contributed by atoms with Gasteiger partial charge in [-0.1, -0.05) is 65.9 Å². The van der Waals surface area contributed by atoms with Gasteiger partial charge in [-0.15, -0.1) is 0 Å². The maximum absolute atomic E-state index is 10.8. The van der Waals surface area contributed by atoms with Crippen molar-refractivity contribution in [2.24, 2.45) is 0 Å². The summed E-state index contributed by atoms with van der Waals surface area (Å²) in [7, 11) is -21.9. The van der Waals surface area contributed by atoms with Crippen molar-refractivity contribution < 1.29 is 94.7 Å². The summed E-state index contributed by atoms with van der Waals surface area (Å²) in [5.74, 6) is 0. The number of phosphoric acid groups is 4. The summed E-state index contributed by atoms with van der Waals surface area (Å²) in [4.78, 5) is 56.1. The van der Waals surface area contributed by atoms with Gasteiger partial charge in [-0.05, 0) is 51.4 Å². The molecule has 3 aliphatic rings. The van der Waals surface area contributed by atoms with E-state index in [0.717, 1.165) is 0 Å². The standard InChI is InChI=1S/2C8H12.H4O12P4.2Rh/c2*1-2-4-6-8-7-5-3-1;1-13(2)9-14(3,4)11-16(7,8)12-15(5,6)10-13;;/h2*1-2,7-8H,3-6H2;(H,1,2)(H,3,4)(H,5,6)(H,7,8);;. The van der Waals surface area contributed by atoms with E-state index in [0.29, 0.717) is 0 Å². The third-order valence-electron chi connectivity index (χ3n) is 3.49. The molecule has 18 heteroatoms. The number of allylic oxidation sites excluding steroid dienone is 8. The van der Waals surface area contributed by atoms with Gasteiger partial charge in [-0.2, -0.15) is 9.79 Å². The molecule has 1 saturated heterocycles. The van der Waals surface area contributed by atoms with Crippen molar-refractivity contribution in [3.63, 3.8) is 0 Å². The molecule has 1 fully saturated rings. The predicted molar refractivity (Wildman–Crippen MR) is 116 cm³/mol. The summed E-state index contributed by atoms with van der Waals surface area (Å²) >= 11 is 0. The van der Waals surface area contributed by atoms with E-state index < -0.39 is 32.0 Å². The van der Waals surface area contributed by atoms with Crippen molar-refractivity contribution in [3.05, 3.63) is 48.6 Å². The van der Waals surface area contributed by atoms with Gasteiger partial charge in [0, 0.05) is 39.0 Å². The van der Waals surface area contributed by atoms with Crippen LogP contribution in [0.25, 0.3) is 0 Å². The summed E-state index contributed by atoms with van der Waals surface area (Å²) in [5, 5.41) is 0. The fourth-order valence-corrected chi connectivity index (χ4v) is 8.02. The van der Waals surface area contributed by atoms with Crippen molar-refractivity contribution in [2.75, 3.05) is 0 Å². The Bertz CT molecular complexity index is 648. The molecule has 202 valence electrons. The monoisotopic (exact) mass is 742 g/mol. The molecule has 0 aromatic rings. The van der Waals surface area contributed by atoms with Crippen LogP contribution in [0.5, 0.6) is 0 Å². The van der Waals surface area contributed by atoms with Gasteiger partial charge in [0.1, 0.15) is 0 Å². The zero-order valence-electron chi connectivity index (χ0n) is 17.8. The Morgan fingerprint density at radius 1 is 0.529 bits per heavy atom. The maximum atomic E-state index is 10.8. The van der Waals surface area contributed by atoms with Gasteiger partial charge in [0.15, 0.2) is 0 Å². The second kappa shape index (κ2) is 18.4. The smallest absolute Gasteiger partial charge is 0.549 e. The molecule has 4 N–H and O–H groups in total. The van der Waals surface area contributed by atoms with Crippen molar-refractivity contribution >= 4 is 32.0 Å². The quantitative estimate of drug-likeness (QED) is 0.160. The van der Waals surface area contributed by atoms with Crippen molar-refractivity contribution in [2.45, 2.75) is 51.4 Å². The summed E-state index contributed by atoms with van der Waals surface area (Å²) in [5.41, 5.74) is 0. The predicted octanol–water partition coefficient (Wildman–Crippen LogP) is 3.67. The maximum Gasteiger partial charge on any atom is 0.549 e. The van der Waals surface area contributed by atoms with Crippen LogP contribution < -0.4 is 9.79 Å². The Labute approximate surface area is 225 Å². The zero-order valence-corrected chi connectivity index (χ0v) is 24.6. The van der Waals surface area contributed by atoms with Crippen molar-refractivity contribution in [1.82, 2.24) is 0 Å². The van der Waals surface area contributed by atoms with Gasteiger partial charge in [0.25, 0.3) is 0 Å². The Hall–Kier alpha value is 1.13. The first-order valence-electron chi connectivity index (χ1n) is 9.59. The molecule has 0 atom stereocenters. The van der Waals surface area contributed by atoms with E-state index in [4.69, 9.17) is 19.6 Å². The molecule has 34 heavy (non-hydrogen) atoms. The minimum absolute atomic E-state index is 0. The van der Waals surface area contributed by atoms with Crippen LogP contribution in [0.1, 0.15) is 51.4 Å². The number of hydrogen-bond donors (Lipinski definition) is 4. The minimum Gasteiger partial charge on any atom is -0.605 e. The molecule has 3 rings (SSSR count). The summed E-state index contributed by atoms with van der Waals surface area (Å²) in [6.45, 7) is 0. The number of hydrogen-bond acceptors (Lipinski definition) is 10. The van der Waals surface area contributed by atoms with Gasteiger partial charge >= 0.3 is 32.0 Å². The average molecular weight is 742 g/mol. The van der Waals surface area contributed by atoms with Gasteiger partial charge in [0.2, 0.25) is 0 Å². The van der Waals surface area contributed by atoms with E-state index in [-0.39, 0.29) is 39.0 Å². The Morgan fingerprint density at radius 3 is 0.824 bits per heavy atom. The van der Waals surface area contributed by atoms with Gasteiger partial charge in [0.05, 0.1) is 0 Å². The molecule has 0 aromatic carbocycles. The second-order valence-corrected chi connectivity index (χ2v) is 12.8. The first-order chi connectivity index (χ1) is 14.8. The number of rotatable bonds is 0. The molecule has 0 bridgehead atoms. The molecule has 0 aromatic heterocycles. The Kier molecular flexibility index (Phi) is 20.2. The fraction of sp³-hybridized carbons (Fsp3) is 0.500. The normalized spacial score (nSPS) is 35.5. The molecule has 0 unspecified atom stereocenters. The molecular formula is C16H28O12P4Rh2. The Morgan fingerprint density at radius 2 is 0.676 bits per heavy atom. The summed E-state index contributed by atoms with van der Waals surface area (Å²) in [6.07, 6.45) is 28.0. The second-order valence-electron chi connectivity index (χ2n) is 6.40. The largest absolute Gasteiger partial charge is 0.605 e. The van der Waals surface area contributed by atoms with Crippen LogP contribution in [0.2, 0.25) is 0 Å². The average Bonchev–Trinajstić information content (AvgIpc) is 2.48. The van der Waals surface area contributed by atoms with Gasteiger partial charge < -0.3 is 9.79 Å². The van der Waals surface area contributed by atoms with Crippen molar-refractivity contribution in [3.8, 4) is 0 Å². The molecule has 1 heterocycles. The van der Waals surface area contributed by atoms with E-state index in [1.165, 1.54) is 51.4 Å². The summed E-state index contributed by atoms with van der Waals surface area (Å²) < 4.78 is 35.0. The molecule has 1 aliphatic heterocycles. The molecule has 0 amide bonds. The van der Waals surface area contributed by atoms with Crippen LogP contribution in [0.3, 0.4) is 0 Å². The molecule has 0 spiro atoms. The van der Waals surface area contributed by atoms with Crippen LogP contribution in [-0.4, -0.2) is 19.6 Å². The van der Waals surface area contributed by atoms with E-state index in [1.54, 1.807) is 0 Å². The van der Waals surface area contributed by atoms with Crippen LogP contribution in [-0.2, 0) is 65.3 Å². The zero-order chi connectivity index (χ0) is 24.1. The molecule has 2 radical (unpaired) electrons. The minimum atomic E-state index is -5.47. The first-order valence-corrected chi connectivity index (χ1v) is 15.6. The van der Waals surface area contributed by atoms with Crippen LogP contribution in [0.4, 0.5) is 0 Å². The van der Waals surface area contributed by atoms with Crippen LogP contribution >= 0.6 is 32.0 Å².